The Morgan fingerprint density at radius 3 is 1.18 bits per heavy atom. The lowest BCUT2D eigenvalue weighted by Crippen LogP contribution is -2.42. The molecule has 2 unspecified atom stereocenters. The van der Waals surface area contributed by atoms with Crippen molar-refractivity contribution in [1.29, 1.82) is 0 Å². The van der Waals surface area contributed by atoms with Crippen molar-refractivity contribution in [2.24, 2.45) is 22.7 Å². The van der Waals surface area contributed by atoms with Crippen molar-refractivity contribution in [3.8, 4) is 0 Å². The summed E-state index contributed by atoms with van der Waals surface area (Å²) < 4.78 is 20.1. The van der Waals surface area contributed by atoms with E-state index < -0.39 is 41.2 Å². The second kappa shape index (κ2) is 16.0. The van der Waals surface area contributed by atoms with E-state index in [0.717, 1.165) is 0 Å². The molecule has 2 amide bonds. The fourth-order valence-electron chi connectivity index (χ4n) is 2.88. The van der Waals surface area contributed by atoms with E-state index in [1.807, 2.05) is 41.5 Å². The van der Waals surface area contributed by atoms with Gasteiger partial charge in [-0.1, -0.05) is 53.1 Å². The number of alkyl carbamates (subject to hydrolysis) is 2. The van der Waals surface area contributed by atoms with Crippen LogP contribution in [0.5, 0.6) is 0 Å². The Labute approximate surface area is 234 Å². The zero-order valence-corrected chi connectivity index (χ0v) is 26.4. The Bertz CT molecular complexity index is 695. The molecule has 0 aliphatic heterocycles. The maximum atomic E-state index is 11.9. The van der Waals surface area contributed by atoms with Crippen molar-refractivity contribution in [3.05, 3.63) is 0 Å². The van der Waals surface area contributed by atoms with Crippen molar-refractivity contribution < 1.29 is 38.1 Å². The van der Waals surface area contributed by atoms with Crippen LogP contribution in [-0.4, -0.2) is 61.1 Å². The van der Waals surface area contributed by atoms with Crippen LogP contribution < -0.4 is 10.6 Å². The van der Waals surface area contributed by atoms with E-state index in [1.165, 1.54) is 0 Å². The molecule has 0 aromatic rings. The Morgan fingerprint density at radius 1 is 0.632 bits per heavy atom. The summed E-state index contributed by atoms with van der Waals surface area (Å²) in [7, 11) is 0. The number of halogens is 1. The summed E-state index contributed by atoms with van der Waals surface area (Å²) in [5.74, 6) is -1.62. The summed E-state index contributed by atoms with van der Waals surface area (Å²) in [6.45, 7) is 24.6. The highest BCUT2D eigenvalue weighted by molar-refractivity contribution is 6.17. The first-order valence-corrected chi connectivity index (χ1v) is 13.3. The zero-order valence-electron chi connectivity index (χ0n) is 25.6. The van der Waals surface area contributed by atoms with Crippen LogP contribution in [0, 0.1) is 22.7 Å². The van der Waals surface area contributed by atoms with Crippen molar-refractivity contribution in [2.75, 3.05) is 25.8 Å². The van der Waals surface area contributed by atoms with Crippen molar-refractivity contribution in [2.45, 2.75) is 101 Å². The molecule has 0 fully saturated rings. The molecule has 0 aromatic carbocycles. The van der Waals surface area contributed by atoms with Gasteiger partial charge in [-0.3, -0.25) is 9.59 Å². The third-order valence-corrected chi connectivity index (χ3v) is 4.95. The third-order valence-electron chi connectivity index (χ3n) is 4.84. The van der Waals surface area contributed by atoms with E-state index in [-0.39, 0.29) is 36.0 Å². The number of ether oxygens (including phenoxy) is 4. The second-order valence-electron chi connectivity index (χ2n) is 12.9. The monoisotopic (exact) mass is 566 g/mol. The second-order valence-corrected chi connectivity index (χ2v) is 13.1. The van der Waals surface area contributed by atoms with Crippen molar-refractivity contribution >= 4 is 35.7 Å². The van der Waals surface area contributed by atoms with E-state index in [4.69, 9.17) is 30.5 Å². The van der Waals surface area contributed by atoms with Crippen molar-refractivity contribution in [1.82, 2.24) is 10.6 Å². The van der Waals surface area contributed by atoms with Gasteiger partial charge in [0.25, 0.3) is 0 Å². The minimum absolute atomic E-state index is 0.147. The molecule has 2 N–H and O–H groups in total. The molecule has 0 spiro atoms. The SMILES string of the molecule is CC(C)(C)OC(=O)NCC(C(=O)OCCl)C(C)(C)C.CCOC(=O)C(CNC(=O)OC(C)(C)C)C(C)(C)C. The molecule has 0 radical (unpaired) electrons. The van der Waals surface area contributed by atoms with Crippen LogP contribution >= 0.6 is 11.6 Å². The molecule has 38 heavy (non-hydrogen) atoms. The Kier molecular flexibility index (Phi) is 16.0. The molecule has 0 bridgehead atoms. The number of rotatable bonds is 8. The van der Waals surface area contributed by atoms with Gasteiger partial charge in [0.05, 0.1) is 18.4 Å². The molecule has 224 valence electrons. The summed E-state index contributed by atoms with van der Waals surface area (Å²) in [4.78, 5) is 46.8. The third kappa shape index (κ3) is 18.9. The molecule has 0 heterocycles. The van der Waals surface area contributed by atoms with Crippen LogP contribution in [0.4, 0.5) is 9.59 Å². The van der Waals surface area contributed by atoms with Gasteiger partial charge in [0.15, 0.2) is 6.07 Å². The van der Waals surface area contributed by atoms with Crippen molar-refractivity contribution in [3.63, 3.8) is 0 Å². The summed E-state index contributed by atoms with van der Waals surface area (Å²) >= 11 is 5.39. The Balaban J connectivity index is 0. The van der Waals surface area contributed by atoms with E-state index >= 15 is 0 Å². The molecule has 0 rings (SSSR count). The van der Waals surface area contributed by atoms with Crippen LogP contribution in [-0.2, 0) is 28.5 Å². The highest BCUT2D eigenvalue weighted by atomic mass is 35.5. The first-order valence-electron chi connectivity index (χ1n) is 12.8. The van der Waals surface area contributed by atoms with Gasteiger partial charge >= 0.3 is 24.1 Å². The number of amides is 2. The van der Waals surface area contributed by atoms with Gasteiger partial charge < -0.3 is 29.6 Å². The predicted molar refractivity (Wildman–Crippen MR) is 148 cm³/mol. The number of hydrogen-bond donors (Lipinski definition) is 2. The highest BCUT2D eigenvalue weighted by Gasteiger charge is 2.34. The van der Waals surface area contributed by atoms with Crippen LogP contribution in [0.25, 0.3) is 0 Å². The average molecular weight is 567 g/mol. The lowest BCUT2D eigenvalue weighted by molar-refractivity contribution is -0.152. The Morgan fingerprint density at radius 2 is 0.947 bits per heavy atom. The van der Waals surface area contributed by atoms with Crippen LogP contribution in [0.3, 0.4) is 0 Å². The number of hydrogen-bond acceptors (Lipinski definition) is 8. The summed E-state index contributed by atoms with van der Waals surface area (Å²) in [5.41, 5.74) is -1.76. The number of nitrogens with one attached hydrogen (secondary N) is 2. The molecule has 0 aromatic heterocycles. The first-order chi connectivity index (χ1) is 16.9. The van der Waals surface area contributed by atoms with Crippen LogP contribution in [0.15, 0.2) is 0 Å². The fraction of sp³-hybridized carbons (Fsp3) is 0.852. The smallest absolute Gasteiger partial charge is 0.407 e. The topological polar surface area (TPSA) is 129 Å². The predicted octanol–water partition coefficient (Wildman–Crippen LogP) is 5.65. The fourth-order valence-corrected chi connectivity index (χ4v) is 2.99. The maximum Gasteiger partial charge on any atom is 0.407 e. The van der Waals surface area contributed by atoms with E-state index in [0.29, 0.717) is 6.61 Å². The largest absolute Gasteiger partial charge is 0.466 e. The highest BCUT2D eigenvalue weighted by Crippen LogP contribution is 2.27. The molecule has 0 saturated heterocycles. The molecule has 0 aliphatic rings. The van der Waals surface area contributed by atoms with E-state index in [2.05, 4.69) is 10.6 Å². The van der Waals surface area contributed by atoms with Gasteiger partial charge in [-0.15, -0.1) is 0 Å². The summed E-state index contributed by atoms with van der Waals surface area (Å²) in [5, 5.41) is 5.20. The molecule has 10 nitrogen and oxygen atoms in total. The van der Waals surface area contributed by atoms with Crippen LogP contribution in [0.1, 0.15) is 90.0 Å². The van der Waals surface area contributed by atoms with Gasteiger partial charge in [0, 0.05) is 13.1 Å². The number of carbonyl (C=O) groups is 4. The van der Waals surface area contributed by atoms with Gasteiger partial charge in [-0.2, -0.15) is 0 Å². The number of carbonyl (C=O) groups excluding carboxylic acids is 4. The molecule has 11 heteroatoms. The molecule has 2 atom stereocenters. The molecular weight excluding hydrogens is 516 g/mol. The van der Waals surface area contributed by atoms with Gasteiger partial charge in [-0.25, -0.2) is 9.59 Å². The minimum Gasteiger partial charge on any atom is -0.466 e. The van der Waals surface area contributed by atoms with Gasteiger partial charge in [0.2, 0.25) is 0 Å². The van der Waals surface area contributed by atoms with Gasteiger partial charge in [0.1, 0.15) is 11.2 Å². The minimum atomic E-state index is -0.571. The van der Waals surface area contributed by atoms with Crippen LogP contribution in [0.2, 0.25) is 0 Å². The molecule has 0 aliphatic carbocycles. The van der Waals surface area contributed by atoms with Gasteiger partial charge in [-0.05, 0) is 59.3 Å². The zero-order chi connectivity index (χ0) is 30.5. The standard InChI is InChI=1S/C14H27NO4.C13H24ClNO4/c1-8-18-11(16)10(13(2,3)4)9-15-12(17)19-14(5,6)7;1-12(2,3)9(10(16)18-8-14)7-15-11(17)19-13(4,5)6/h10H,8-9H2,1-7H3,(H,15,17);9H,7-8H2,1-6H3,(H,15,17). The number of alkyl halides is 1. The Hall–Kier alpha value is -2.23. The van der Waals surface area contributed by atoms with E-state index in [9.17, 15) is 19.2 Å². The average Bonchev–Trinajstić information content (AvgIpc) is 2.64. The first kappa shape index (κ1) is 37.9. The lowest BCUT2D eigenvalue weighted by Gasteiger charge is -2.29. The molecule has 0 saturated carbocycles. The normalized spacial score (nSPS) is 13.6. The summed E-state index contributed by atoms with van der Waals surface area (Å²) in [6.07, 6.45) is -1.08. The van der Waals surface area contributed by atoms with E-state index in [1.54, 1.807) is 48.5 Å². The number of esters is 2. The summed E-state index contributed by atoms with van der Waals surface area (Å²) in [6, 6.07) is -0.197. The quantitative estimate of drug-likeness (QED) is 0.219. The molecular formula is C27H51ClN2O8. The maximum absolute atomic E-state index is 11.9. The lowest BCUT2D eigenvalue weighted by atomic mass is 9.80.